The maximum Gasteiger partial charge on any atom is 0.0729 e. The molecule has 0 atom stereocenters. The van der Waals surface area contributed by atoms with Crippen LogP contribution in [0.15, 0.2) is 12.4 Å². The first-order valence-electron chi connectivity index (χ1n) is 2.47. The van der Waals surface area contributed by atoms with E-state index in [2.05, 4.69) is 10.2 Å². The minimum atomic E-state index is 0.592. The highest BCUT2D eigenvalue weighted by atomic mass is 15.5. The monoisotopic (exact) mass is 112 g/mol. The first kappa shape index (κ1) is 5.24. The van der Waals surface area contributed by atoms with Gasteiger partial charge < -0.3 is 5.73 Å². The van der Waals surface area contributed by atoms with Gasteiger partial charge in [0.05, 0.1) is 18.9 Å². The zero-order valence-corrected chi connectivity index (χ0v) is 4.49. The molecule has 0 aliphatic carbocycles. The number of nitrogens with two attached hydrogens (primary N) is 1. The lowest BCUT2D eigenvalue weighted by Crippen LogP contribution is -2.11. The van der Waals surface area contributed by atoms with Gasteiger partial charge in [0, 0.05) is 6.54 Å². The first-order chi connectivity index (χ1) is 3.93. The van der Waals surface area contributed by atoms with Crippen LogP contribution in [0.5, 0.6) is 0 Å². The molecule has 0 spiro atoms. The summed E-state index contributed by atoms with van der Waals surface area (Å²) in [5.74, 6) is 0. The Morgan fingerprint density at radius 2 is 2.00 bits per heavy atom. The highest BCUT2D eigenvalue weighted by Gasteiger charge is 1.84. The normalized spacial score (nSPS) is 9.62. The first-order valence-corrected chi connectivity index (χ1v) is 2.47. The lowest BCUT2D eigenvalue weighted by Gasteiger charge is -1.90. The third-order valence-corrected chi connectivity index (χ3v) is 0.796. The molecule has 0 saturated heterocycles. The van der Waals surface area contributed by atoms with Gasteiger partial charge in [-0.1, -0.05) is 0 Å². The number of nitrogens with zero attached hydrogens (tertiary/aromatic N) is 3. The van der Waals surface area contributed by atoms with Crippen LogP contribution in [-0.2, 0) is 6.54 Å². The van der Waals surface area contributed by atoms with Crippen molar-refractivity contribution in [3.63, 3.8) is 0 Å². The van der Waals surface area contributed by atoms with Crippen molar-refractivity contribution < 1.29 is 0 Å². The van der Waals surface area contributed by atoms with Gasteiger partial charge in [-0.05, 0) is 0 Å². The molecule has 0 unspecified atom stereocenters. The Bertz CT molecular complexity index is 134. The Kier molecular flexibility index (Phi) is 1.58. The second-order valence-electron chi connectivity index (χ2n) is 1.41. The molecule has 1 heterocycles. The average molecular weight is 112 g/mol. The van der Waals surface area contributed by atoms with Crippen LogP contribution in [0, 0.1) is 0 Å². The maximum absolute atomic E-state index is 5.22. The Balaban J connectivity index is 2.50. The van der Waals surface area contributed by atoms with E-state index in [1.165, 1.54) is 0 Å². The molecular formula is C4H8N4. The fourth-order valence-corrected chi connectivity index (χ4v) is 0.474. The Morgan fingerprint density at radius 1 is 1.38 bits per heavy atom. The lowest BCUT2D eigenvalue weighted by molar-refractivity contribution is 0.546. The summed E-state index contributed by atoms with van der Waals surface area (Å²) in [7, 11) is 0. The molecule has 0 aliphatic rings. The van der Waals surface area contributed by atoms with Crippen molar-refractivity contribution >= 4 is 0 Å². The summed E-state index contributed by atoms with van der Waals surface area (Å²) < 4.78 is 0. The zero-order valence-electron chi connectivity index (χ0n) is 4.49. The topological polar surface area (TPSA) is 56.7 Å². The smallest absolute Gasteiger partial charge is 0.0729 e. The molecular weight excluding hydrogens is 104 g/mol. The summed E-state index contributed by atoms with van der Waals surface area (Å²) in [6, 6.07) is 0. The maximum atomic E-state index is 5.22. The molecule has 0 radical (unpaired) electrons. The third-order valence-electron chi connectivity index (χ3n) is 0.796. The summed E-state index contributed by atoms with van der Waals surface area (Å²) >= 11 is 0. The van der Waals surface area contributed by atoms with E-state index in [1.54, 1.807) is 17.2 Å². The molecule has 0 amide bonds. The molecule has 44 valence electrons. The van der Waals surface area contributed by atoms with E-state index < -0.39 is 0 Å². The fraction of sp³-hybridized carbons (Fsp3) is 0.500. The molecule has 1 rings (SSSR count). The standard InChI is InChI=1S/C4H8N4/c5-1-4-8-6-2-3-7-8/h2-3H,1,4-5H2. The van der Waals surface area contributed by atoms with E-state index in [0.29, 0.717) is 13.1 Å². The molecule has 0 fully saturated rings. The Labute approximate surface area is 47.3 Å². The molecule has 1 aromatic rings. The van der Waals surface area contributed by atoms with E-state index in [9.17, 15) is 0 Å². The van der Waals surface area contributed by atoms with Gasteiger partial charge in [0.15, 0.2) is 0 Å². The van der Waals surface area contributed by atoms with Crippen LogP contribution in [0.4, 0.5) is 0 Å². The van der Waals surface area contributed by atoms with Crippen LogP contribution in [0.2, 0.25) is 0 Å². The predicted molar refractivity (Wildman–Crippen MR) is 29.1 cm³/mol. The fourth-order valence-electron chi connectivity index (χ4n) is 0.474. The largest absolute Gasteiger partial charge is 0.329 e. The van der Waals surface area contributed by atoms with Gasteiger partial charge in [-0.25, -0.2) is 0 Å². The van der Waals surface area contributed by atoms with Gasteiger partial charge in [-0.2, -0.15) is 15.0 Å². The van der Waals surface area contributed by atoms with Crippen molar-refractivity contribution in [2.45, 2.75) is 6.54 Å². The van der Waals surface area contributed by atoms with Gasteiger partial charge in [0.25, 0.3) is 0 Å². The van der Waals surface area contributed by atoms with Crippen molar-refractivity contribution in [1.29, 1.82) is 0 Å². The molecule has 0 aromatic carbocycles. The summed E-state index contributed by atoms with van der Waals surface area (Å²) in [4.78, 5) is 1.56. The van der Waals surface area contributed by atoms with Crippen molar-refractivity contribution in [2.75, 3.05) is 6.54 Å². The Morgan fingerprint density at radius 3 is 2.50 bits per heavy atom. The molecule has 2 N–H and O–H groups in total. The average Bonchev–Trinajstić information content (AvgIpc) is 2.19. The molecule has 8 heavy (non-hydrogen) atoms. The van der Waals surface area contributed by atoms with Crippen molar-refractivity contribution in [1.82, 2.24) is 15.0 Å². The van der Waals surface area contributed by atoms with Crippen LogP contribution in [0.25, 0.3) is 0 Å². The number of aromatic nitrogens is 3. The quantitative estimate of drug-likeness (QED) is 0.547. The molecule has 0 aliphatic heterocycles. The van der Waals surface area contributed by atoms with E-state index in [4.69, 9.17) is 5.73 Å². The summed E-state index contributed by atoms with van der Waals surface area (Å²) in [6.45, 7) is 1.29. The van der Waals surface area contributed by atoms with Gasteiger partial charge in [0.2, 0.25) is 0 Å². The van der Waals surface area contributed by atoms with E-state index >= 15 is 0 Å². The minimum Gasteiger partial charge on any atom is -0.329 e. The highest BCUT2D eigenvalue weighted by molar-refractivity contribution is 4.59. The summed E-state index contributed by atoms with van der Waals surface area (Å²) in [5.41, 5.74) is 5.22. The van der Waals surface area contributed by atoms with Gasteiger partial charge in [-0.15, -0.1) is 0 Å². The van der Waals surface area contributed by atoms with E-state index in [0.717, 1.165) is 0 Å². The summed E-state index contributed by atoms with van der Waals surface area (Å²) in [5, 5.41) is 7.66. The molecule has 4 nitrogen and oxygen atoms in total. The molecule has 0 bridgehead atoms. The Hall–Kier alpha value is -0.900. The van der Waals surface area contributed by atoms with Crippen molar-refractivity contribution in [3.05, 3.63) is 12.4 Å². The van der Waals surface area contributed by atoms with Crippen LogP contribution in [-0.4, -0.2) is 21.5 Å². The van der Waals surface area contributed by atoms with Gasteiger partial charge in [-0.3, -0.25) is 0 Å². The van der Waals surface area contributed by atoms with Gasteiger partial charge >= 0.3 is 0 Å². The second-order valence-corrected chi connectivity index (χ2v) is 1.41. The van der Waals surface area contributed by atoms with E-state index in [-0.39, 0.29) is 0 Å². The minimum absolute atomic E-state index is 0.592. The predicted octanol–water partition coefficient (Wildman–Crippen LogP) is -0.763. The number of hydrogen-bond donors (Lipinski definition) is 1. The zero-order chi connectivity index (χ0) is 5.82. The highest BCUT2D eigenvalue weighted by Crippen LogP contribution is 1.72. The van der Waals surface area contributed by atoms with Gasteiger partial charge in [0.1, 0.15) is 0 Å². The number of rotatable bonds is 2. The SMILES string of the molecule is NCCn1nccn1. The molecule has 0 saturated carbocycles. The lowest BCUT2D eigenvalue weighted by atomic mass is 10.7. The van der Waals surface area contributed by atoms with Crippen LogP contribution in [0.3, 0.4) is 0 Å². The second kappa shape index (κ2) is 2.42. The van der Waals surface area contributed by atoms with Crippen molar-refractivity contribution in [2.24, 2.45) is 5.73 Å². The van der Waals surface area contributed by atoms with Crippen LogP contribution < -0.4 is 5.73 Å². The molecule has 4 heteroatoms. The summed E-state index contributed by atoms with van der Waals surface area (Å²) in [6.07, 6.45) is 3.27. The molecule has 1 aromatic heterocycles. The van der Waals surface area contributed by atoms with Crippen LogP contribution >= 0.6 is 0 Å². The van der Waals surface area contributed by atoms with E-state index in [1.807, 2.05) is 0 Å². The number of hydrogen-bond acceptors (Lipinski definition) is 3. The van der Waals surface area contributed by atoms with Crippen LogP contribution in [0.1, 0.15) is 0 Å². The third kappa shape index (κ3) is 1.04. The van der Waals surface area contributed by atoms with Crippen molar-refractivity contribution in [3.8, 4) is 0 Å².